The number of hydrogen-bond acceptors (Lipinski definition) is 3. The minimum atomic E-state index is 0.364. The van der Waals surface area contributed by atoms with Gasteiger partial charge in [0.15, 0.2) is 0 Å². The number of aromatic nitrogens is 1. The molecule has 3 nitrogen and oxygen atoms in total. The van der Waals surface area contributed by atoms with Crippen LogP contribution in [0.1, 0.15) is 25.0 Å². The molecule has 0 bridgehead atoms. The van der Waals surface area contributed by atoms with Crippen molar-refractivity contribution in [2.75, 3.05) is 0 Å². The highest BCUT2D eigenvalue weighted by Crippen LogP contribution is 2.52. The number of fused-ring (bicyclic) bond motifs is 1. The summed E-state index contributed by atoms with van der Waals surface area (Å²) >= 11 is 0. The van der Waals surface area contributed by atoms with Crippen molar-refractivity contribution < 1.29 is 4.74 Å². The van der Waals surface area contributed by atoms with Crippen LogP contribution in [0.25, 0.3) is 0 Å². The summed E-state index contributed by atoms with van der Waals surface area (Å²) in [5, 5.41) is 8.70. The van der Waals surface area contributed by atoms with Crippen LogP contribution in [-0.4, -0.2) is 11.1 Å². The van der Waals surface area contributed by atoms with Gasteiger partial charge in [-0.15, -0.1) is 0 Å². The van der Waals surface area contributed by atoms with Crippen LogP contribution in [0, 0.1) is 23.2 Å². The Morgan fingerprint density at radius 2 is 2.13 bits per heavy atom. The van der Waals surface area contributed by atoms with Gasteiger partial charge in [-0.25, -0.2) is 4.98 Å². The van der Waals surface area contributed by atoms with Crippen molar-refractivity contribution in [3.8, 4) is 11.8 Å². The Kier molecular flexibility index (Phi) is 1.88. The topological polar surface area (TPSA) is 45.9 Å². The number of nitrogens with zero attached hydrogens (tertiary/aromatic N) is 2. The first-order valence-electron chi connectivity index (χ1n) is 5.38. The zero-order chi connectivity index (χ0) is 10.3. The highest BCUT2D eigenvalue weighted by atomic mass is 16.5. The third-order valence-electron chi connectivity index (χ3n) is 3.35. The van der Waals surface area contributed by atoms with Crippen LogP contribution in [0.3, 0.4) is 0 Å². The Morgan fingerprint density at radius 1 is 1.33 bits per heavy atom. The molecule has 2 aliphatic carbocycles. The van der Waals surface area contributed by atoms with E-state index in [1.165, 1.54) is 19.3 Å². The molecule has 15 heavy (non-hydrogen) atoms. The lowest BCUT2D eigenvalue weighted by molar-refractivity contribution is 0.194. The number of hydrogen-bond donors (Lipinski definition) is 0. The standard InChI is InChI=1S/C12H12N2O/c13-7-10-6-11(1-2-14-10)15-12-4-8-3-9(8)5-12/h1-2,6,8-9,12H,3-5H2/t8-,9?,12?/m0/s1. The zero-order valence-electron chi connectivity index (χ0n) is 8.39. The number of rotatable bonds is 2. The van der Waals surface area contributed by atoms with Gasteiger partial charge in [0.1, 0.15) is 17.5 Å². The molecule has 3 atom stereocenters. The van der Waals surface area contributed by atoms with Crippen molar-refractivity contribution >= 4 is 0 Å². The normalized spacial score (nSPS) is 31.8. The average molecular weight is 200 g/mol. The fraction of sp³-hybridized carbons (Fsp3) is 0.500. The summed E-state index contributed by atoms with van der Waals surface area (Å²) in [4.78, 5) is 3.92. The fourth-order valence-electron chi connectivity index (χ4n) is 2.49. The molecule has 0 N–H and O–H groups in total. The largest absolute Gasteiger partial charge is 0.490 e. The third-order valence-corrected chi connectivity index (χ3v) is 3.35. The minimum Gasteiger partial charge on any atom is -0.490 e. The van der Waals surface area contributed by atoms with E-state index in [0.29, 0.717) is 11.8 Å². The summed E-state index contributed by atoms with van der Waals surface area (Å²) in [7, 11) is 0. The van der Waals surface area contributed by atoms with E-state index in [1.54, 1.807) is 12.3 Å². The van der Waals surface area contributed by atoms with E-state index in [-0.39, 0.29) is 0 Å². The second-order valence-corrected chi connectivity index (χ2v) is 4.46. The molecule has 0 saturated heterocycles. The molecule has 0 aromatic carbocycles. The van der Waals surface area contributed by atoms with E-state index >= 15 is 0 Å². The van der Waals surface area contributed by atoms with Crippen LogP contribution in [0.15, 0.2) is 18.3 Å². The van der Waals surface area contributed by atoms with Crippen LogP contribution in [0.5, 0.6) is 5.75 Å². The molecule has 0 amide bonds. The van der Waals surface area contributed by atoms with Crippen LogP contribution < -0.4 is 4.74 Å². The Labute approximate surface area is 88.7 Å². The van der Waals surface area contributed by atoms with Gasteiger partial charge < -0.3 is 4.74 Å². The highest BCUT2D eigenvalue weighted by molar-refractivity contribution is 5.30. The molecule has 2 aliphatic rings. The fourth-order valence-corrected chi connectivity index (χ4v) is 2.49. The van der Waals surface area contributed by atoms with Crippen molar-refractivity contribution in [3.63, 3.8) is 0 Å². The first kappa shape index (κ1) is 8.72. The summed E-state index contributed by atoms with van der Waals surface area (Å²) in [5.41, 5.74) is 0.427. The van der Waals surface area contributed by atoms with Gasteiger partial charge in [0.05, 0.1) is 6.10 Å². The maximum Gasteiger partial charge on any atom is 0.144 e. The Bertz CT molecular complexity index is 414. The van der Waals surface area contributed by atoms with E-state index in [9.17, 15) is 0 Å². The van der Waals surface area contributed by atoms with Crippen LogP contribution in [0.4, 0.5) is 0 Å². The van der Waals surface area contributed by atoms with Gasteiger partial charge in [-0.3, -0.25) is 0 Å². The van der Waals surface area contributed by atoms with Gasteiger partial charge >= 0.3 is 0 Å². The predicted molar refractivity (Wildman–Crippen MR) is 54.2 cm³/mol. The van der Waals surface area contributed by atoms with E-state index in [1.807, 2.05) is 12.1 Å². The highest BCUT2D eigenvalue weighted by Gasteiger charge is 2.46. The molecule has 1 aromatic heterocycles. The van der Waals surface area contributed by atoms with Crippen molar-refractivity contribution in [3.05, 3.63) is 24.0 Å². The minimum absolute atomic E-state index is 0.364. The molecule has 2 unspecified atom stereocenters. The van der Waals surface area contributed by atoms with Crippen molar-refractivity contribution in [1.82, 2.24) is 4.98 Å². The molecule has 2 saturated carbocycles. The predicted octanol–water partition coefficient (Wildman–Crippen LogP) is 2.13. The quantitative estimate of drug-likeness (QED) is 0.734. The molecule has 3 heteroatoms. The molecular formula is C12H12N2O. The first-order valence-corrected chi connectivity index (χ1v) is 5.38. The lowest BCUT2D eigenvalue weighted by atomic mass is 10.2. The van der Waals surface area contributed by atoms with E-state index < -0.39 is 0 Å². The lowest BCUT2D eigenvalue weighted by Gasteiger charge is -2.14. The summed E-state index contributed by atoms with van der Waals surface area (Å²) in [5.74, 6) is 2.63. The van der Waals surface area contributed by atoms with Crippen LogP contribution in [0.2, 0.25) is 0 Å². The molecule has 0 radical (unpaired) electrons. The Hall–Kier alpha value is -1.56. The Morgan fingerprint density at radius 3 is 2.87 bits per heavy atom. The molecule has 2 fully saturated rings. The second kappa shape index (κ2) is 3.23. The summed E-state index contributed by atoms with van der Waals surface area (Å²) < 4.78 is 5.83. The van der Waals surface area contributed by atoms with Crippen LogP contribution in [-0.2, 0) is 0 Å². The molecule has 0 aliphatic heterocycles. The van der Waals surface area contributed by atoms with Crippen molar-refractivity contribution in [1.29, 1.82) is 5.26 Å². The average Bonchev–Trinajstić information content (AvgIpc) is 2.87. The van der Waals surface area contributed by atoms with Gasteiger partial charge in [0.2, 0.25) is 0 Å². The second-order valence-electron chi connectivity index (χ2n) is 4.46. The smallest absolute Gasteiger partial charge is 0.144 e. The van der Waals surface area contributed by atoms with Gasteiger partial charge in [-0.1, -0.05) is 0 Å². The molecule has 1 heterocycles. The van der Waals surface area contributed by atoms with Gasteiger partial charge in [0.25, 0.3) is 0 Å². The Balaban J connectivity index is 1.68. The number of pyridine rings is 1. The van der Waals surface area contributed by atoms with E-state index in [0.717, 1.165) is 17.6 Å². The SMILES string of the molecule is N#Cc1cc(OC2CC3C[C@H]3C2)ccn1. The van der Waals surface area contributed by atoms with Crippen LogP contribution >= 0.6 is 0 Å². The number of ether oxygens (including phenoxy) is 1. The lowest BCUT2D eigenvalue weighted by Crippen LogP contribution is -2.13. The molecule has 76 valence electrons. The molecule has 3 rings (SSSR count). The summed E-state index contributed by atoms with van der Waals surface area (Å²) in [6.45, 7) is 0. The molecule has 0 spiro atoms. The number of nitriles is 1. The third kappa shape index (κ3) is 1.68. The molecule has 1 aromatic rings. The monoisotopic (exact) mass is 200 g/mol. The maximum atomic E-state index is 8.70. The first-order chi connectivity index (χ1) is 7.35. The van der Waals surface area contributed by atoms with Gasteiger partial charge in [-0.2, -0.15) is 5.26 Å². The molecular weight excluding hydrogens is 188 g/mol. The van der Waals surface area contributed by atoms with Gasteiger partial charge in [-0.05, 0) is 37.2 Å². The van der Waals surface area contributed by atoms with Crippen molar-refractivity contribution in [2.45, 2.75) is 25.4 Å². The van der Waals surface area contributed by atoms with Gasteiger partial charge in [0, 0.05) is 12.3 Å². The van der Waals surface area contributed by atoms with E-state index in [2.05, 4.69) is 4.98 Å². The maximum absolute atomic E-state index is 8.70. The summed E-state index contributed by atoms with van der Waals surface area (Å²) in [6, 6.07) is 5.56. The summed E-state index contributed by atoms with van der Waals surface area (Å²) in [6.07, 6.45) is 5.77. The van der Waals surface area contributed by atoms with E-state index in [4.69, 9.17) is 10.00 Å². The zero-order valence-corrected chi connectivity index (χ0v) is 8.39. The van der Waals surface area contributed by atoms with Crippen molar-refractivity contribution in [2.24, 2.45) is 11.8 Å².